The normalized spacial score (nSPS) is 12.0. The van der Waals surface area contributed by atoms with E-state index in [1.54, 1.807) is 13.2 Å². The number of benzene rings is 3. The summed E-state index contributed by atoms with van der Waals surface area (Å²) in [5.74, 6) is 1.78. The fourth-order valence-electron chi connectivity index (χ4n) is 4.32. The van der Waals surface area contributed by atoms with Crippen LogP contribution in [0.15, 0.2) is 89.9 Å². The van der Waals surface area contributed by atoms with Gasteiger partial charge in [-0.25, -0.2) is 4.68 Å². The maximum Gasteiger partial charge on any atom is 0.291 e. The van der Waals surface area contributed by atoms with Crippen molar-refractivity contribution in [3.05, 3.63) is 117 Å². The van der Waals surface area contributed by atoms with Gasteiger partial charge in [0, 0.05) is 17.3 Å². The van der Waals surface area contributed by atoms with Gasteiger partial charge in [-0.05, 0) is 48.9 Å². The van der Waals surface area contributed by atoms with Gasteiger partial charge in [-0.3, -0.25) is 4.79 Å². The Morgan fingerprint density at radius 3 is 2.42 bits per heavy atom. The quantitative estimate of drug-likeness (QED) is 0.263. The highest BCUT2D eigenvalue weighted by atomic mass is 32.1. The first-order chi connectivity index (χ1) is 19.6. The fourth-order valence-corrected chi connectivity index (χ4v) is 5.23. The summed E-state index contributed by atoms with van der Waals surface area (Å²) in [7, 11) is 1.61. The van der Waals surface area contributed by atoms with Crippen molar-refractivity contribution >= 4 is 34.5 Å². The van der Waals surface area contributed by atoms with E-state index in [0.29, 0.717) is 33.4 Å². The fraction of sp³-hybridized carbons (Fsp3) is 0.0968. The highest BCUT2D eigenvalue weighted by molar-refractivity contribution is 7.15. The maximum atomic E-state index is 13.3. The molecule has 0 saturated heterocycles. The lowest BCUT2D eigenvalue weighted by atomic mass is 10.1. The molecule has 0 saturated carbocycles. The van der Waals surface area contributed by atoms with Gasteiger partial charge in [0.1, 0.15) is 0 Å². The Kier molecular flexibility index (Phi) is 6.95. The molecule has 6 rings (SSSR count). The van der Waals surface area contributed by atoms with Crippen molar-refractivity contribution in [3.63, 3.8) is 0 Å². The Bertz CT molecular complexity index is 1920. The SMILES string of the molecule is CCOc1ccc(/C=C/c2nc3s/c(=C\c4cn(-c5ccccc5)nc4-c4ccccc4)c(=O)n3n2)cc1OC. The monoisotopic (exact) mass is 547 g/mol. The highest BCUT2D eigenvalue weighted by Crippen LogP contribution is 2.29. The molecule has 0 radical (unpaired) electrons. The largest absolute Gasteiger partial charge is 0.493 e. The second kappa shape index (κ2) is 11.0. The van der Waals surface area contributed by atoms with Gasteiger partial charge in [0.2, 0.25) is 4.96 Å². The number of hydrogen-bond donors (Lipinski definition) is 0. The van der Waals surface area contributed by atoms with Crippen molar-refractivity contribution in [2.45, 2.75) is 6.92 Å². The van der Waals surface area contributed by atoms with Gasteiger partial charge in [-0.2, -0.15) is 14.6 Å². The molecule has 3 aromatic heterocycles. The van der Waals surface area contributed by atoms with Crippen molar-refractivity contribution in [1.29, 1.82) is 0 Å². The van der Waals surface area contributed by atoms with E-state index in [-0.39, 0.29) is 5.56 Å². The number of para-hydroxylation sites is 1. The molecule has 3 heterocycles. The minimum Gasteiger partial charge on any atom is -0.493 e. The summed E-state index contributed by atoms with van der Waals surface area (Å²) in [6.45, 7) is 2.48. The third-order valence-electron chi connectivity index (χ3n) is 6.21. The van der Waals surface area contributed by atoms with Gasteiger partial charge in [-0.1, -0.05) is 72.0 Å². The van der Waals surface area contributed by atoms with Crippen LogP contribution in [0, 0.1) is 0 Å². The number of nitrogens with zero attached hydrogens (tertiary/aromatic N) is 5. The molecule has 0 fully saturated rings. The Morgan fingerprint density at radius 1 is 0.925 bits per heavy atom. The van der Waals surface area contributed by atoms with Crippen LogP contribution in [0.5, 0.6) is 11.5 Å². The average Bonchev–Trinajstić information content (AvgIpc) is 3.68. The average molecular weight is 548 g/mol. The number of ether oxygens (including phenoxy) is 2. The van der Waals surface area contributed by atoms with Gasteiger partial charge in [0.25, 0.3) is 5.56 Å². The maximum absolute atomic E-state index is 13.3. The van der Waals surface area contributed by atoms with Gasteiger partial charge in [-0.15, -0.1) is 5.10 Å². The zero-order chi connectivity index (χ0) is 27.5. The van der Waals surface area contributed by atoms with Gasteiger partial charge in [0.05, 0.1) is 29.6 Å². The summed E-state index contributed by atoms with van der Waals surface area (Å²) in [6, 6.07) is 25.5. The van der Waals surface area contributed by atoms with Gasteiger partial charge >= 0.3 is 0 Å². The molecular formula is C31H25N5O3S. The molecule has 0 spiro atoms. The van der Waals surface area contributed by atoms with Crippen molar-refractivity contribution < 1.29 is 9.47 Å². The first kappa shape index (κ1) is 25.3. The van der Waals surface area contributed by atoms with E-state index in [4.69, 9.17) is 14.6 Å². The minimum atomic E-state index is -0.221. The molecular weight excluding hydrogens is 522 g/mol. The van der Waals surface area contributed by atoms with E-state index in [1.165, 1.54) is 15.9 Å². The molecule has 9 heteroatoms. The number of rotatable bonds is 8. The van der Waals surface area contributed by atoms with Crippen molar-refractivity contribution in [3.8, 4) is 28.4 Å². The molecule has 0 atom stereocenters. The van der Waals surface area contributed by atoms with E-state index in [9.17, 15) is 4.79 Å². The second-order valence-corrected chi connectivity index (χ2v) is 9.85. The first-order valence-corrected chi connectivity index (χ1v) is 13.6. The lowest BCUT2D eigenvalue weighted by Gasteiger charge is -2.09. The lowest BCUT2D eigenvalue weighted by molar-refractivity contribution is 0.311. The van der Waals surface area contributed by atoms with E-state index >= 15 is 0 Å². The smallest absolute Gasteiger partial charge is 0.291 e. The first-order valence-electron chi connectivity index (χ1n) is 12.7. The Morgan fingerprint density at radius 2 is 1.70 bits per heavy atom. The van der Waals surface area contributed by atoms with E-state index in [2.05, 4.69) is 10.1 Å². The van der Waals surface area contributed by atoms with Crippen LogP contribution >= 0.6 is 11.3 Å². The highest BCUT2D eigenvalue weighted by Gasteiger charge is 2.14. The van der Waals surface area contributed by atoms with Crippen LogP contribution in [-0.2, 0) is 0 Å². The molecule has 3 aromatic carbocycles. The molecule has 0 bridgehead atoms. The van der Waals surface area contributed by atoms with Crippen LogP contribution in [0.3, 0.4) is 0 Å². The standard InChI is InChI=1S/C31H25N5O3S/c1-3-39-25-16-14-21(18-26(25)38-2)15-17-28-32-31-36(33-28)30(37)27(40-31)19-23-20-35(24-12-8-5-9-13-24)34-29(23)22-10-6-4-7-11-22/h4-20H,3H2,1-2H3/b17-15+,27-19-. The van der Waals surface area contributed by atoms with Crippen LogP contribution in [0.1, 0.15) is 23.9 Å². The summed E-state index contributed by atoms with van der Waals surface area (Å²) in [5.41, 5.74) is 4.21. The van der Waals surface area contributed by atoms with Crippen LogP contribution in [-0.4, -0.2) is 38.1 Å². The predicted octanol–water partition coefficient (Wildman–Crippen LogP) is 5.13. The number of fused-ring (bicyclic) bond motifs is 1. The van der Waals surface area contributed by atoms with E-state index in [0.717, 1.165) is 28.1 Å². The molecule has 0 aliphatic carbocycles. The molecule has 0 aliphatic rings. The zero-order valence-electron chi connectivity index (χ0n) is 21.9. The molecule has 0 N–H and O–H groups in total. The summed E-state index contributed by atoms with van der Waals surface area (Å²) >= 11 is 1.30. The number of methoxy groups -OCH3 is 1. The van der Waals surface area contributed by atoms with Crippen molar-refractivity contribution in [2.24, 2.45) is 0 Å². The van der Waals surface area contributed by atoms with Crippen LogP contribution in [0.25, 0.3) is 40.1 Å². The number of aromatic nitrogens is 5. The summed E-state index contributed by atoms with van der Waals surface area (Å²) in [4.78, 5) is 18.4. The van der Waals surface area contributed by atoms with Gasteiger partial charge in [0.15, 0.2) is 17.3 Å². The molecule has 198 valence electrons. The summed E-state index contributed by atoms with van der Waals surface area (Å²) < 4.78 is 14.7. The van der Waals surface area contributed by atoms with Gasteiger partial charge < -0.3 is 9.47 Å². The van der Waals surface area contributed by atoms with Crippen LogP contribution < -0.4 is 19.6 Å². The predicted molar refractivity (Wildman–Crippen MR) is 158 cm³/mol. The Hall–Kier alpha value is -5.02. The van der Waals surface area contributed by atoms with Crippen molar-refractivity contribution in [2.75, 3.05) is 13.7 Å². The molecule has 8 nitrogen and oxygen atoms in total. The minimum absolute atomic E-state index is 0.221. The second-order valence-electron chi connectivity index (χ2n) is 8.84. The zero-order valence-corrected chi connectivity index (χ0v) is 22.7. The topological polar surface area (TPSA) is 83.5 Å². The van der Waals surface area contributed by atoms with E-state index < -0.39 is 0 Å². The van der Waals surface area contributed by atoms with Crippen molar-refractivity contribution in [1.82, 2.24) is 24.4 Å². The number of thiazole rings is 1. The summed E-state index contributed by atoms with van der Waals surface area (Å²) in [5, 5.41) is 9.27. The molecule has 6 aromatic rings. The molecule has 0 aliphatic heterocycles. The molecule has 40 heavy (non-hydrogen) atoms. The molecule has 0 unspecified atom stereocenters. The Labute approximate surface area is 234 Å². The third kappa shape index (κ3) is 5.02. The summed E-state index contributed by atoms with van der Waals surface area (Å²) in [6.07, 6.45) is 7.44. The third-order valence-corrected chi connectivity index (χ3v) is 7.17. The lowest BCUT2D eigenvalue weighted by Crippen LogP contribution is -2.23. The van der Waals surface area contributed by atoms with Crippen LogP contribution in [0.4, 0.5) is 0 Å². The van der Waals surface area contributed by atoms with Crippen LogP contribution in [0.2, 0.25) is 0 Å². The molecule has 0 amide bonds. The Balaban J connectivity index is 1.34. The number of hydrogen-bond acceptors (Lipinski definition) is 7. The van der Waals surface area contributed by atoms with E-state index in [1.807, 2.05) is 109 Å².